The van der Waals surface area contributed by atoms with E-state index in [1.807, 2.05) is 0 Å². The monoisotopic (exact) mass is 362 g/mol. The van der Waals surface area contributed by atoms with Crippen LogP contribution in [0.25, 0.3) is 0 Å². The van der Waals surface area contributed by atoms with E-state index in [0.717, 1.165) is 12.0 Å². The molecule has 1 aliphatic carbocycles. The number of hydrogen-bond acceptors (Lipinski definition) is 7. The SMILES string of the molecule is N[C@@H](CO)C(=O)N1CC(Oc2ccc3c(c2C(=O)O)OB(O)[C@H]2C[C@@H]32)C1. The fourth-order valence-electron chi connectivity index (χ4n) is 3.58. The van der Waals surface area contributed by atoms with Crippen molar-refractivity contribution in [2.75, 3.05) is 19.7 Å². The molecule has 4 rings (SSSR count). The van der Waals surface area contributed by atoms with Crippen LogP contribution in [0, 0.1) is 0 Å². The second kappa shape index (κ2) is 6.15. The van der Waals surface area contributed by atoms with Crippen molar-refractivity contribution in [1.82, 2.24) is 4.90 Å². The van der Waals surface area contributed by atoms with Gasteiger partial charge in [0.05, 0.1) is 19.7 Å². The third-order valence-corrected chi connectivity index (χ3v) is 5.18. The normalized spacial score (nSPS) is 24.7. The number of carboxylic acids is 1. The minimum atomic E-state index is -1.20. The van der Waals surface area contributed by atoms with Gasteiger partial charge in [-0.2, -0.15) is 0 Å². The molecule has 10 heteroatoms. The fraction of sp³-hybridized carbons (Fsp3) is 0.500. The van der Waals surface area contributed by atoms with E-state index >= 15 is 0 Å². The standard InChI is InChI=1S/C16H19BN2O7/c18-11(6-20)15(21)19-4-7(5-19)25-12-2-1-8-9-3-10(9)17(24)26-14(8)13(12)16(22)23/h1-2,7,9-11,20,24H,3-6,18H2,(H,22,23)/t9-,10-,11-/m0/s1. The molecule has 26 heavy (non-hydrogen) atoms. The molecule has 1 amide bonds. The van der Waals surface area contributed by atoms with Crippen LogP contribution < -0.4 is 15.1 Å². The Morgan fingerprint density at radius 2 is 2.15 bits per heavy atom. The summed E-state index contributed by atoms with van der Waals surface area (Å²) >= 11 is 0. The summed E-state index contributed by atoms with van der Waals surface area (Å²) in [6.45, 7) is 0.0877. The third kappa shape index (κ3) is 2.70. The Morgan fingerprint density at radius 1 is 1.42 bits per heavy atom. The molecule has 3 atom stereocenters. The fourth-order valence-corrected chi connectivity index (χ4v) is 3.58. The number of hydrogen-bond donors (Lipinski definition) is 4. The smallest absolute Gasteiger partial charge is 0.526 e. The predicted octanol–water partition coefficient (Wildman–Crippen LogP) is -0.976. The molecule has 1 saturated carbocycles. The maximum atomic E-state index is 11.8. The first kappa shape index (κ1) is 17.1. The molecular weight excluding hydrogens is 343 g/mol. The maximum Gasteiger partial charge on any atom is 0.526 e. The number of aromatic carboxylic acids is 1. The summed E-state index contributed by atoms with van der Waals surface area (Å²) < 4.78 is 11.2. The lowest BCUT2D eigenvalue weighted by Gasteiger charge is -2.40. The highest BCUT2D eigenvalue weighted by Crippen LogP contribution is 2.60. The molecule has 1 saturated heterocycles. The molecule has 2 heterocycles. The number of fused-ring (bicyclic) bond motifs is 3. The van der Waals surface area contributed by atoms with Crippen LogP contribution in [0.1, 0.15) is 28.3 Å². The lowest BCUT2D eigenvalue weighted by atomic mass is 9.77. The number of rotatable bonds is 5. The molecule has 0 aromatic heterocycles. The average molecular weight is 362 g/mol. The van der Waals surface area contributed by atoms with E-state index < -0.39 is 25.7 Å². The van der Waals surface area contributed by atoms with Gasteiger partial charge in [-0.3, -0.25) is 4.79 Å². The number of aliphatic hydroxyl groups is 1. The Kier molecular flexibility index (Phi) is 4.05. The molecule has 9 nitrogen and oxygen atoms in total. The zero-order valence-corrected chi connectivity index (χ0v) is 13.9. The molecule has 0 spiro atoms. The number of aliphatic hydroxyl groups excluding tert-OH is 1. The van der Waals surface area contributed by atoms with Gasteiger partial charge < -0.3 is 35.3 Å². The number of carbonyl (C=O) groups is 2. The van der Waals surface area contributed by atoms with Crippen molar-refractivity contribution in [2.45, 2.75) is 30.3 Å². The Hall–Kier alpha value is -2.30. The summed E-state index contributed by atoms with van der Waals surface area (Å²) in [4.78, 5) is 25.0. The van der Waals surface area contributed by atoms with Crippen LogP contribution in [-0.4, -0.2) is 71.0 Å². The molecule has 0 bridgehead atoms. The van der Waals surface area contributed by atoms with Crippen LogP contribution >= 0.6 is 0 Å². The number of likely N-dealkylation sites (tertiary alicyclic amines) is 1. The predicted molar refractivity (Wildman–Crippen MR) is 89.2 cm³/mol. The number of amides is 1. The zero-order chi connectivity index (χ0) is 18.6. The summed E-state index contributed by atoms with van der Waals surface area (Å²) in [5.41, 5.74) is 6.17. The van der Waals surface area contributed by atoms with Gasteiger partial charge in [0.15, 0.2) is 0 Å². The van der Waals surface area contributed by atoms with Crippen molar-refractivity contribution >= 4 is 19.0 Å². The van der Waals surface area contributed by atoms with Crippen molar-refractivity contribution in [3.05, 3.63) is 23.3 Å². The van der Waals surface area contributed by atoms with E-state index in [1.165, 1.54) is 4.90 Å². The van der Waals surface area contributed by atoms with Crippen LogP contribution in [0.15, 0.2) is 12.1 Å². The molecule has 2 fully saturated rings. The van der Waals surface area contributed by atoms with E-state index in [0.29, 0.717) is 0 Å². The highest BCUT2D eigenvalue weighted by atomic mass is 16.5. The number of ether oxygens (including phenoxy) is 1. The number of carboxylic acid groups (broad SMARTS) is 1. The largest absolute Gasteiger partial charge is 0.535 e. The quantitative estimate of drug-likeness (QED) is 0.490. The van der Waals surface area contributed by atoms with Crippen molar-refractivity contribution in [1.29, 1.82) is 0 Å². The van der Waals surface area contributed by atoms with Gasteiger partial charge >= 0.3 is 13.1 Å². The summed E-state index contributed by atoms with van der Waals surface area (Å²) in [6.07, 6.45) is 0.404. The Labute approximate surface area is 149 Å². The molecule has 2 aliphatic heterocycles. The second-order valence-corrected chi connectivity index (χ2v) is 6.95. The number of benzene rings is 1. The number of nitrogens with two attached hydrogens (primary N) is 1. The van der Waals surface area contributed by atoms with Crippen LogP contribution in [-0.2, 0) is 4.79 Å². The first-order chi connectivity index (χ1) is 12.4. The molecule has 5 N–H and O–H groups in total. The van der Waals surface area contributed by atoms with Gasteiger partial charge in [-0.05, 0) is 24.0 Å². The van der Waals surface area contributed by atoms with Crippen LogP contribution in [0.2, 0.25) is 5.82 Å². The maximum absolute atomic E-state index is 11.8. The minimum absolute atomic E-state index is 0.0258. The van der Waals surface area contributed by atoms with Gasteiger partial charge in [-0.25, -0.2) is 4.79 Å². The van der Waals surface area contributed by atoms with E-state index in [2.05, 4.69) is 0 Å². The first-order valence-corrected chi connectivity index (χ1v) is 8.47. The van der Waals surface area contributed by atoms with Gasteiger partial charge in [0, 0.05) is 5.82 Å². The Balaban J connectivity index is 1.51. The van der Waals surface area contributed by atoms with Gasteiger partial charge in [0.2, 0.25) is 5.91 Å². The third-order valence-electron chi connectivity index (χ3n) is 5.18. The lowest BCUT2D eigenvalue weighted by molar-refractivity contribution is -0.142. The van der Waals surface area contributed by atoms with Crippen molar-refractivity contribution in [3.8, 4) is 11.5 Å². The van der Waals surface area contributed by atoms with Crippen LogP contribution in [0.4, 0.5) is 0 Å². The van der Waals surface area contributed by atoms with Crippen molar-refractivity contribution in [3.63, 3.8) is 0 Å². The molecule has 138 valence electrons. The van der Waals surface area contributed by atoms with Gasteiger partial charge in [-0.1, -0.05) is 6.07 Å². The number of carbonyl (C=O) groups excluding carboxylic acids is 1. The van der Waals surface area contributed by atoms with Gasteiger partial charge in [0.25, 0.3) is 0 Å². The highest BCUT2D eigenvalue weighted by molar-refractivity contribution is 6.48. The summed E-state index contributed by atoms with van der Waals surface area (Å²) in [7, 11) is -1.00. The Bertz CT molecular complexity index is 767. The van der Waals surface area contributed by atoms with Crippen molar-refractivity contribution in [2.24, 2.45) is 5.73 Å². The number of nitrogens with zero attached hydrogens (tertiary/aromatic N) is 1. The topological polar surface area (TPSA) is 143 Å². The van der Waals surface area contributed by atoms with Gasteiger partial charge in [0.1, 0.15) is 29.2 Å². The van der Waals surface area contributed by atoms with E-state index in [9.17, 15) is 19.7 Å². The van der Waals surface area contributed by atoms with E-state index in [-0.39, 0.29) is 53.9 Å². The highest BCUT2D eigenvalue weighted by Gasteiger charge is 2.54. The Morgan fingerprint density at radius 3 is 2.81 bits per heavy atom. The summed E-state index contributed by atoms with van der Waals surface area (Å²) in [5, 5.41) is 28.5. The van der Waals surface area contributed by atoms with E-state index in [1.54, 1.807) is 12.1 Å². The second-order valence-electron chi connectivity index (χ2n) is 6.95. The summed E-state index contributed by atoms with van der Waals surface area (Å²) in [6, 6.07) is 2.41. The lowest BCUT2D eigenvalue weighted by Crippen LogP contribution is -2.60. The molecular formula is C16H19BN2O7. The van der Waals surface area contributed by atoms with Crippen LogP contribution in [0.5, 0.6) is 11.5 Å². The molecule has 0 unspecified atom stereocenters. The molecule has 1 aromatic rings. The molecule has 1 aromatic carbocycles. The molecule has 3 aliphatic rings. The van der Waals surface area contributed by atoms with Gasteiger partial charge in [-0.15, -0.1) is 0 Å². The average Bonchev–Trinajstić information content (AvgIpc) is 3.37. The zero-order valence-electron chi connectivity index (χ0n) is 13.9. The van der Waals surface area contributed by atoms with E-state index in [4.69, 9.17) is 20.2 Å². The molecule has 0 radical (unpaired) electrons. The minimum Gasteiger partial charge on any atom is -0.535 e. The first-order valence-electron chi connectivity index (χ1n) is 8.47. The van der Waals surface area contributed by atoms with Crippen LogP contribution in [0.3, 0.4) is 0 Å². The van der Waals surface area contributed by atoms with Crippen molar-refractivity contribution < 1.29 is 34.2 Å². The summed E-state index contributed by atoms with van der Waals surface area (Å²) in [5.74, 6) is -1.11.